The number of fused-ring (bicyclic) bond motifs is 7. The number of hydrogen-bond donors (Lipinski definition) is 0. The molecule has 0 aromatic heterocycles. The molecule has 5 rings (SSSR count). The average molecular weight is 511 g/mol. The molecule has 7 atom stereocenters. The molecular formula is C32H46O5. The van der Waals surface area contributed by atoms with E-state index < -0.39 is 0 Å². The van der Waals surface area contributed by atoms with E-state index >= 15 is 0 Å². The van der Waals surface area contributed by atoms with Crippen molar-refractivity contribution >= 4 is 11.9 Å². The number of hydrogen-bond acceptors (Lipinski definition) is 5. The Balaban J connectivity index is 1.56. The standard InChI is InChI=1S/C32H46O5/c1-18-16-22(36-19(2)33)27-21(28(18)35-9)17-25-31(7)13-10-23-29(4,5)26(37-20(3)34)12-15-30(23,6)24(31)11-14-32(25,27)8/h16,23-26H,10-15,17H2,1-9H3/t23-,24?,25-,26?,30+,31-,32?/m0/s1. The van der Waals surface area contributed by atoms with Crippen LogP contribution in [-0.2, 0) is 26.2 Å². The summed E-state index contributed by atoms with van der Waals surface area (Å²) in [5.41, 5.74) is 3.78. The van der Waals surface area contributed by atoms with Crippen LogP contribution in [0.15, 0.2) is 6.07 Å². The fourth-order valence-electron chi connectivity index (χ4n) is 10.5. The van der Waals surface area contributed by atoms with Gasteiger partial charge < -0.3 is 14.2 Å². The molecule has 5 nitrogen and oxygen atoms in total. The van der Waals surface area contributed by atoms with Crippen molar-refractivity contribution < 1.29 is 23.8 Å². The molecule has 0 bridgehead atoms. The van der Waals surface area contributed by atoms with Crippen LogP contribution in [0.5, 0.6) is 11.5 Å². The second-order valence-corrected chi connectivity index (χ2v) is 14.0. The van der Waals surface area contributed by atoms with Gasteiger partial charge in [0.25, 0.3) is 0 Å². The molecule has 4 aliphatic carbocycles. The Bertz CT molecular complexity index is 1140. The quantitative estimate of drug-likeness (QED) is 0.325. The Kier molecular flexibility index (Phi) is 6.09. The summed E-state index contributed by atoms with van der Waals surface area (Å²) in [6.45, 7) is 17.3. The van der Waals surface area contributed by atoms with E-state index in [-0.39, 0.29) is 39.7 Å². The minimum Gasteiger partial charge on any atom is -0.496 e. The van der Waals surface area contributed by atoms with E-state index in [0.717, 1.165) is 49.2 Å². The van der Waals surface area contributed by atoms with Crippen molar-refractivity contribution in [3.63, 3.8) is 0 Å². The van der Waals surface area contributed by atoms with Gasteiger partial charge >= 0.3 is 11.9 Å². The largest absolute Gasteiger partial charge is 0.496 e. The van der Waals surface area contributed by atoms with Crippen LogP contribution in [0.4, 0.5) is 0 Å². The van der Waals surface area contributed by atoms with Gasteiger partial charge in [-0.25, -0.2) is 0 Å². The zero-order valence-corrected chi connectivity index (χ0v) is 24.4. The highest BCUT2D eigenvalue weighted by Gasteiger charge is 2.67. The molecule has 4 aliphatic rings. The van der Waals surface area contributed by atoms with Crippen molar-refractivity contribution in [1.82, 2.24) is 0 Å². The van der Waals surface area contributed by atoms with E-state index in [1.54, 1.807) is 14.0 Å². The summed E-state index contributed by atoms with van der Waals surface area (Å²) in [6.07, 6.45) is 7.60. The lowest BCUT2D eigenvalue weighted by atomic mass is 9.37. The number of benzene rings is 1. The highest BCUT2D eigenvalue weighted by Crippen LogP contribution is 2.73. The molecule has 0 saturated heterocycles. The number of esters is 2. The van der Waals surface area contributed by atoms with Gasteiger partial charge in [0.2, 0.25) is 0 Å². The van der Waals surface area contributed by atoms with Crippen LogP contribution in [0.2, 0.25) is 0 Å². The summed E-state index contributed by atoms with van der Waals surface area (Å²) >= 11 is 0. The number of ether oxygens (including phenoxy) is 3. The summed E-state index contributed by atoms with van der Waals surface area (Å²) < 4.78 is 17.7. The van der Waals surface area contributed by atoms with Gasteiger partial charge in [-0.2, -0.15) is 0 Å². The normalized spacial score (nSPS) is 39.5. The fraction of sp³-hybridized carbons (Fsp3) is 0.750. The van der Waals surface area contributed by atoms with Gasteiger partial charge in [0, 0.05) is 35.8 Å². The van der Waals surface area contributed by atoms with E-state index in [4.69, 9.17) is 14.2 Å². The fourth-order valence-corrected chi connectivity index (χ4v) is 10.5. The summed E-state index contributed by atoms with van der Waals surface area (Å²) in [6, 6.07) is 2.01. The van der Waals surface area contributed by atoms with Gasteiger partial charge in [0.1, 0.15) is 17.6 Å². The van der Waals surface area contributed by atoms with Gasteiger partial charge in [0.05, 0.1) is 7.11 Å². The number of carbonyl (C=O) groups is 2. The van der Waals surface area contributed by atoms with Crippen LogP contribution in [0, 0.1) is 40.9 Å². The van der Waals surface area contributed by atoms with E-state index in [2.05, 4.69) is 41.5 Å². The molecule has 0 spiro atoms. The summed E-state index contributed by atoms with van der Waals surface area (Å²) in [7, 11) is 1.76. The Morgan fingerprint density at radius 3 is 2.11 bits per heavy atom. The zero-order valence-electron chi connectivity index (χ0n) is 24.4. The Morgan fingerprint density at radius 1 is 0.865 bits per heavy atom. The third-order valence-corrected chi connectivity index (χ3v) is 11.8. The number of aryl methyl sites for hydroxylation is 1. The van der Waals surface area contributed by atoms with Crippen LogP contribution >= 0.6 is 0 Å². The van der Waals surface area contributed by atoms with E-state index in [0.29, 0.717) is 17.8 Å². The molecule has 0 heterocycles. The van der Waals surface area contributed by atoms with Crippen molar-refractivity contribution in [3.05, 3.63) is 22.8 Å². The SMILES string of the molecule is COc1c(C)cc(OC(C)=O)c2c1C[C@@H]1C2(C)CCC2[C@]1(C)CC[C@H]1C(C)(C)C(OC(C)=O)CC[C@@]21C. The lowest BCUT2D eigenvalue weighted by Gasteiger charge is -2.68. The molecule has 3 unspecified atom stereocenters. The van der Waals surface area contributed by atoms with Crippen LogP contribution in [0.1, 0.15) is 104 Å². The molecule has 0 aliphatic heterocycles. The second-order valence-electron chi connectivity index (χ2n) is 14.0. The van der Waals surface area contributed by atoms with Gasteiger partial charge in [-0.1, -0.05) is 34.6 Å². The topological polar surface area (TPSA) is 61.8 Å². The molecular weight excluding hydrogens is 464 g/mol. The van der Waals surface area contributed by atoms with Crippen LogP contribution < -0.4 is 9.47 Å². The predicted octanol–water partition coefficient (Wildman–Crippen LogP) is 6.94. The Hall–Kier alpha value is -2.04. The van der Waals surface area contributed by atoms with Crippen molar-refractivity contribution in [3.8, 4) is 11.5 Å². The monoisotopic (exact) mass is 510 g/mol. The maximum absolute atomic E-state index is 12.1. The molecule has 37 heavy (non-hydrogen) atoms. The first-order valence-electron chi connectivity index (χ1n) is 14.3. The molecule has 0 radical (unpaired) electrons. The molecule has 3 fully saturated rings. The summed E-state index contributed by atoms with van der Waals surface area (Å²) in [5, 5.41) is 0. The van der Waals surface area contributed by atoms with Gasteiger partial charge in [0.15, 0.2) is 0 Å². The lowest BCUT2D eigenvalue weighted by molar-refractivity contribution is -0.210. The first kappa shape index (κ1) is 26.6. The van der Waals surface area contributed by atoms with Crippen molar-refractivity contribution in [2.24, 2.45) is 34.0 Å². The maximum Gasteiger partial charge on any atom is 0.308 e. The third kappa shape index (κ3) is 3.61. The van der Waals surface area contributed by atoms with E-state index in [1.807, 2.05) is 6.07 Å². The maximum atomic E-state index is 12.1. The molecule has 0 N–H and O–H groups in total. The number of methoxy groups -OCH3 is 1. The minimum absolute atomic E-state index is 0.00412. The zero-order chi connectivity index (χ0) is 27.1. The predicted molar refractivity (Wildman–Crippen MR) is 144 cm³/mol. The Morgan fingerprint density at radius 2 is 1.49 bits per heavy atom. The van der Waals surface area contributed by atoms with Crippen LogP contribution in [-0.4, -0.2) is 25.2 Å². The van der Waals surface area contributed by atoms with Crippen molar-refractivity contribution in [2.75, 3.05) is 7.11 Å². The minimum atomic E-state index is -0.265. The summed E-state index contributed by atoms with van der Waals surface area (Å²) in [4.78, 5) is 24.0. The van der Waals surface area contributed by atoms with E-state index in [9.17, 15) is 9.59 Å². The summed E-state index contributed by atoms with van der Waals surface area (Å²) in [5.74, 6) is 2.86. The molecule has 1 aromatic carbocycles. The highest BCUT2D eigenvalue weighted by molar-refractivity contribution is 5.72. The number of rotatable bonds is 3. The van der Waals surface area contributed by atoms with Crippen molar-refractivity contribution in [1.29, 1.82) is 0 Å². The van der Waals surface area contributed by atoms with Gasteiger partial charge in [-0.05, 0) is 92.1 Å². The molecule has 5 heteroatoms. The van der Waals surface area contributed by atoms with Crippen LogP contribution in [0.25, 0.3) is 0 Å². The highest BCUT2D eigenvalue weighted by atomic mass is 16.5. The third-order valence-electron chi connectivity index (χ3n) is 11.8. The Labute approximate surface area is 223 Å². The molecule has 0 amide bonds. The molecule has 3 saturated carbocycles. The van der Waals surface area contributed by atoms with Gasteiger partial charge in [-0.3, -0.25) is 9.59 Å². The first-order chi connectivity index (χ1) is 17.2. The molecule has 204 valence electrons. The van der Waals surface area contributed by atoms with Crippen LogP contribution in [0.3, 0.4) is 0 Å². The number of carbonyl (C=O) groups excluding carboxylic acids is 2. The first-order valence-corrected chi connectivity index (χ1v) is 14.3. The smallest absolute Gasteiger partial charge is 0.308 e. The lowest BCUT2D eigenvalue weighted by Crippen LogP contribution is -2.63. The molecule has 1 aromatic rings. The van der Waals surface area contributed by atoms with Gasteiger partial charge in [-0.15, -0.1) is 0 Å². The van der Waals surface area contributed by atoms with Crippen molar-refractivity contribution in [2.45, 2.75) is 112 Å². The second kappa shape index (κ2) is 8.48. The van der Waals surface area contributed by atoms with E-state index in [1.165, 1.54) is 30.9 Å². The average Bonchev–Trinajstić information content (AvgIpc) is 3.09.